The van der Waals surface area contributed by atoms with Gasteiger partial charge in [0, 0.05) is 11.5 Å². The van der Waals surface area contributed by atoms with Crippen molar-refractivity contribution in [1.82, 2.24) is 5.06 Å². The zero-order valence-electron chi connectivity index (χ0n) is 14.1. The van der Waals surface area contributed by atoms with Gasteiger partial charge in [-0.25, -0.2) is 0 Å². The summed E-state index contributed by atoms with van der Waals surface area (Å²) in [6.45, 7) is 8.21. The Balaban J connectivity index is 2.94. The van der Waals surface area contributed by atoms with Crippen molar-refractivity contribution in [3.63, 3.8) is 0 Å². The second kappa shape index (κ2) is 7.81. The van der Waals surface area contributed by atoms with Gasteiger partial charge in [-0.2, -0.15) is 11.8 Å². The molecule has 1 aliphatic rings. The third kappa shape index (κ3) is 3.35. The van der Waals surface area contributed by atoms with Crippen LogP contribution in [0.15, 0.2) is 11.6 Å². The lowest BCUT2D eigenvalue weighted by Crippen LogP contribution is -2.52. The number of hydrogen-bond donors (Lipinski definition) is 2. The summed E-state index contributed by atoms with van der Waals surface area (Å²) in [5, 5.41) is 23.2. The van der Waals surface area contributed by atoms with Crippen molar-refractivity contribution in [3.8, 4) is 0 Å². The molecule has 0 fully saturated rings. The number of aliphatic carboxylic acids is 1. The molecule has 0 aromatic heterocycles. The lowest BCUT2D eigenvalue weighted by molar-refractivity contribution is -0.258. The fraction of sp³-hybridized carbons (Fsp3) is 0.812. The standard InChI is InChI=1S/C16H29N2O3S/c1-5-15(6-2)9-12(10-22-11-13(17)14(19)20)16(7-3,8-4)18(15)21/h9,13H,5-8,10-11,17H2,1-4H3,(H,19,20)/t13-/m0/s1. The van der Waals surface area contributed by atoms with Crippen LogP contribution in [-0.2, 0) is 10.0 Å². The summed E-state index contributed by atoms with van der Waals surface area (Å²) in [5.41, 5.74) is 5.82. The highest BCUT2D eigenvalue weighted by molar-refractivity contribution is 7.99. The van der Waals surface area contributed by atoms with Crippen LogP contribution in [0, 0.1) is 0 Å². The third-order valence-corrected chi connectivity index (χ3v) is 6.21. The Labute approximate surface area is 137 Å². The van der Waals surface area contributed by atoms with E-state index >= 15 is 0 Å². The van der Waals surface area contributed by atoms with Gasteiger partial charge in [0.2, 0.25) is 0 Å². The van der Waals surface area contributed by atoms with Crippen molar-refractivity contribution in [2.45, 2.75) is 70.5 Å². The van der Waals surface area contributed by atoms with E-state index in [0.717, 1.165) is 31.3 Å². The van der Waals surface area contributed by atoms with E-state index in [1.807, 2.05) is 0 Å². The molecule has 0 bridgehead atoms. The molecule has 1 radical (unpaired) electrons. The van der Waals surface area contributed by atoms with Crippen LogP contribution in [0.3, 0.4) is 0 Å². The SMILES string of the molecule is CCC1(CC)C=C(CSC[C@H](N)C(=O)O)C(CC)(CC)N1[O]. The van der Waals surface area contributed by atoms with Gasteiger partial charge >= 0.3 is 5.97 Å². The zero-order valence-corrected chi connectivity index (χ0v) is 14.9. The number of carboxylic acids is 1. The molecule has 0 saturated carbocycles. The van der Waals surface area contributed by atoms with Gasteiger partial charge < -0.3 is 10.8 Å². The molecule has 0 amide bonds. The number of hydrogen-bond acceptors (Lipinski definition) is 4. The van der Waals surface area contributed by atoms with Gasteiger partial charge in [0.25, 0.3) is 0 Å². The number of hydroxylamine groups is 2. The van der Waals surface area contributed by atoms with Crippen molar-refractivity contribution in [2.24, 2.45) is 5.73 Å². The molecule has 0 aromatic carbocycles. The average Bonchev–Trinajstić information content (AvgIpc) is 2.76. The molecule has 127 valence electrons. The molecule has 3 N–H and O–H groups in total. The van der Waals surface area contributed by atoms with Gasteiger partial charge in [0.15, 0.2) is 0 Å². The molecule has 1 atom stereocenters. The number of nitrogens with two attached hydrogens (primary N) is 1. The number of carbonyl (C=O) groups is 1. The van der Waals surface area contributed by atoms with Crippen molar-refractivity contribution in [2.75, 3.05) is 11.5 Å². The molecular weight excluding hydrogens is 300 g/mol. The van der Waals surface area contributed by atoms with Crippen molar-refractivity contribution in [3.05, 3.63) is 11.6 Å². The van der Waals surface area contributed by atoms with Gasteiger partial charge in [-0.1, -0.05) is 33.8 Å². The molecule has 0 aromatic rings. The van der Waals surface area contributed by atoms with E-state index in [9.17, 15) is 10.0 Å². The maximum absolute atomic E-state index is 13.0. The molecular formula is C16H29N2O3S. The number of thioether (sulfide) groups is 1. The molecule has 0 saturated heterocycles. The van der Waals surface area contributed by atoms with Crippen molar-refractivity contribution < 1.29 is 15.1 Å². The summed E-state index contributed by atoms with van der Waals surface area (Å²) >= 11 is 1.50. The first-order valence-corrected chi connectivity index (χ1v) is 9.24. The summed E-state index contributed by atoms with van der Waals surface area (Å²) in [5.74, 6) is 0.0516. The first-order valence-electron chi connectivity index (χ1n) is 8.09. The molecule has 1 rings (SSSR count). The van der Waals surface area contributed by atoms with Gasteiger partial charge in [0.05, 0.1) is 11.1 Å². The van der Waals surface area contributed by atoms with E-state index in [-0.39, 0.29) is 0 Å². The number of carboxylic acid groups (broad SMARTS) is 1. The van der Waals surface area contributed by atoms with Crippen LogP contribution in [0.2, 0.25) is 0 Å². The number of rotatable bonds is 9. The quantitative estimate of drug-likeness (QED) is 0.635. The Morgan fingerprint density at radius 3 is 2.23 bits per heavy atom. The first kappa shape index (κ1) is 19.5. The van der Waals surface area contributed by atoms with E-state index in [4.69, 9.17) is 10.8 Å². The van der Waals surface area contributed by atoms with Gasteiger partial charge in [0.1, 0.15) is 6.04 Å². The summed E-state index contributed by atoms with van der Waals surface area (Å²) in [4.78, 5) is 10.8. The Kier molecular flexibility index (Phi) is 6.92. The van der Waals surface area contributed by atoms with E-state index < -0.39 is 23.1 Å². The minimum absolute atomic E-state index is 0.361. The van der Waals surface area contributed by atoms with Crippen LogP contribution in [-0.4, -0.2) is 44.8 Å². The van der Waals surface area contributed by atoms with Gasteiger partial charge in [-0.15, -0.1) is 10.3 Å². The van der Waals surface area contributed by atoms with Crippen LogP contribution in [0.1, 0.15) is 53.4 Å². The highest BCUT2D eigenvalue weighted by Crippen LogP contribution is 2.47. The molecule has 1 aliphatic heterocycles. The molecule has 5 nitrogen and oxygen atoms in total. The van der Waals surface area contributed by atoms with E-state index in [0.29, 0.717) is 11.5 Å². The predicted octanol–water partition coefficient (Wildman–Crippen LogP) is 2.84. The average molecular weight is 329 g/mol. The first-order chi connectivity index (χ1) is 10.3. The predicted molar refractivity (Wildman–Crippen MR) is 90.2 cm³/mol. The maximum atomic E-state index is 13.0. The molecule has 0 spiro atoms. The van der Waals surface area contributed by atoms with Crippen LogP contribution >= 0.6 is 11.8 Å². The summed E-state index contributed by atoms with van der Waals surface area (Å²) in [6.07, 6.45) is 5.26. The van der Waals surface area contributed by atoms with Gasteiger partial charge in [-0.3, -0.25) is 4.79 Å². The summed E-state index contributed by atoms with van der Waals surface area (Å²) in [7, 11) is 0. The smallest absolute Gasteiger partial charge is 0.321 e. The van der Waals surface area contributed by atoms with Crippen molar-refractivity contribution >= 4 is 17.7 Å². The molecule has 0 unspecified atom stereocenters. The van der Waals surface area contributed by atoms with Gasteiger partial charge in [-0.05, 0) is 31.3 Å². The van der Waals surface area contributed by atoms with E-state index in [1.165, 1.54) is 16.8 Å². The lowest BCUT2D eigenvalue weighted by atomic mass is 9.87. The Hall–Kier alpha value is -0.560. The second-order valence-electron chi connectivity index (χ2n) is 5.97. The van der Waals surface area contributed by atoms with Crippen molar-refractivity contribution in [1.29, 1.82) is 0 Å². The minimum Gasteiger partial charge on any atom is -0.480 e. The topological polar surface area (TPSA) is 86.5 Å². The van der Waals surface area contributed by atoms with E-state index in [2.05, 4.69) is 33.8 Å². The Bertz CT molecular complexity index is 418. The van der Waals surface area contributed by atoms with Crippen LogP contribution in [0.5, 0.6) is 0 Å². The minimum atomic E-state index is -0.980. The third-order valence-electron chi connectivity index (χ3n) is 5.10. The monoisotopic (exact) mass is 329 g/mol. The summed E-state index contributed by atoms with van der Waals surface area (Å²) < 4.78 is 0. The molecule has 1 heterocycles. The fourth-order valence-electron chi connectivity index (χ4n) is 3.35. The lowest BCUT2D eigenvalue weighted by Gasteiger charge is -2.41. The highest BCUT2D eigenvalue weighted by atomic mass is 32.2. The van der Waals surface area contributed by atoms with Crippen LogP contribution < -0.4 is 5.73 Å². The van der Waals surface area contributed by atoms with Crippen LogP contribution in [0.25, 0.3) is 0 Å². The zero-order chi connectivity index (χ0) is 17.0. The Morgan fingerprint density at radius 2 is 1.82 bits per heavy atom. The fourth-order valence-corrected chi connectivity index (χ4v) is 4.44. The molecule has 0 aliphatic carbocycles. The number of nitrogens with zero attached hydrogens (tertiary/aromatic N) is 1. The highest BCUT2D eigenvalue weighted by Gasteiger charge is 2.52. The normalized spacial score (nSPS) is 21.6. The second-order valence-corrected chi connectivity index (χ2v) is 7.00. The van der Waals surface area contributed by atoms with E-state index in [1.54, 1.807) is 0 Å². The Morgan fingerprint density at radius 1 is 1.27 bits per heavy atom. The largest absolute Gasteiger partial charge is 0.480 e. The van der Waals surface area contributed by atoms with Crippen LogP contribution in [0.4, 0.5) is 0 Å². The summed E-state index contributed by atoms with van der Waals surface area (Å²) in [6, 6.07) is -0.852. The molecule has 22 heavy (non-hydrogen) atoms. The maximum Gasteiger partial charge on any atom is 0.321 e. The molecule has 6 heteroatoms.